The van der Waals surface area contributed by atoms with Gasteiger partial charge in [-0.05, 0) is 0 Å². The van der Waals surface area contributed by atoms with Crippen LogP contribution in [-0.4, -0.2) is 9.98 Å². The van der Waals surface area contributed by atoms with Gasteiger partial charge < -0.3 is 24.8 Å². The van der Waals surface area contributed by atoms with E-state index in [0.29, 0.717) is 10.8 Å². The molecule has 4 aliphatic carbocycles. The maximum atomic E-state index is 2.74. The summed E-state index contributed by atoms with van der Waals surface area (Å²) in [5, 5.41) is 0. The second-order valence-electron chi connectivity index (χ2n) is 11.5. The fourth-order valence-corrected chi connectivity index (χ4v) is 40.9. The van der Waals surface area contributed by atoms with E-state index in [-0.39, 0.29) is 24.8 Å². The van der Waals surface area contributed by atoms with Crippen LogP contribution in [0.15, 0.2) is 45.6 Å². The standard InChI is InChI=1S/2C12H17.C2H6Ge.2ClH.Zr/c2*1-9-7-10-5-4-6-12(2,3)11(10)8-9;1-3-2;;;/h2*7-8H,4-6H2,1-3H3;1-2H3;2*1H;/q;;;;;+2/p-2. The van der Waals surface area contributed by atoms with Gasteiger partial charge in [-0.3, -0.25) is 0 Å². The van der Waals surface area contributed by atoms with Crippen molar-refractivity contribution >= 4 is 9.98 Å². The second kappa shape index (κ2) is 9.68. The zero-order valence-corrected chi connectivity index (χ0v) is 26.4. The van der Waals surface area contributed by atoms with Crippen molar-refractivity contribution < 1.29 is 43.4 Å². The largest absolute Gasteiger partial charge is 1.00 e. The molecular weight excluding hydrogens is 547 g/mol. The minimum Gasteiger partial charge on any atom is -1.00 e. The van der Waals surface area contributed by atoms with Crippen LogP contribution in [0, 0.1) is 10.8 Å². The Bertz CT molecular complexity index is 813. The Morgan fingerprint density at radius 2 is 1.13 bits per heavy atom. The Morgan fingerprint density at radius 1 is 0.767 bits per heavy atom. The van der Waals surface area contributed by atoms with E-state index >= 15 is 0 Å². The normalized spacial score (nSPS) is 28.4. The van der Waals surface area contributed by atoms with Crippen LogP contribution < -0.4 is 24.8 Å². The van der Waals surface area contributed by atoms with E-state index in [4.69, 9.17) is 0 Å². The van der Waals surface area contributed by atoms with Gasteiger partial charge in [0.1, 0.15) is 0 Å². The molecule has 166 valence electrons. The van der Waals surface area contributed by atoms with E-state index in [2.05, 4.69) is 65.2 Å². The number of halogens is 2. The molecule has 0 N–H and O–H groups in total. The summed E-state index contributed by atoms with van der Waals surface area (Å²) in [6.45, 7) is 15.1. The van der Waals surface area contributed by atoms with Gasteiger partial charge in [0.25, 0.3) is 0 Å². The van der Waals surface area contributed by atoms with Gasteiger partial charge in [0.2, 0.25) is 0 Å². The molecule has 4 heteroatoms. The average Bonchev–Trinajstić information content (AvgIpc) is 3.08. The van der Waals surface area contributed by atoms with Crippen LogP contribution >= 0.6 is 0 Å². The van der Waals surface area contributed by atoms with Gasteiger partial charge in [-0.15, -0.1) is 0 Å². The van der Waals surface area contributed by atoms with Gasteiger partial charge in [-0.2, -0.15) is 0 Å². The van der Waals surface area contributed by atoms with E-state index in [1.165, 1.54) is 38.5 Å². The molecule has 0 heterocycles. The summed E-state index contributed by atoms with van der Waals surface area (Å²) in [4.78, 5) is 0. The topological polar surface area (TPSA) is 0 Å². The second-order valence-corrected chi connectivity index (χ2v) is 40.7. The van der Waals surface area contributed by atoms with Crippen molar-refractivity contribution in [3.63, 3.8) is 0 Å². The Morgan fingerprint density at radius 3 is 1.47 bits per heavy atom. The van der Waals surface area contributed by atoms with Crippen LogP contribution in [-0.2, 0) is 18.6 Å². The molecule has 2 atom stereocenters. The molecule has 4 rings (SSSR count). The van der Waals surface area contributed by atoms with Crippen molar-refractivity contribution in [3.05, 3.63) is 45.6 Å². The Labute approximate surface area is 207 Å². The van der Waals surface area contributed by atoms with Gasteiger partial charge in [0, 0.05) is 0 Å². The number of hydrogen-bond donors (Lipinski definition) is 0. The van der Waals surface area contributed by atoms with Gasteiger partial charge >= 0.3 is 184 Å². The molecule has 30 heavy (non-hydrogen) atoms. The van der Waals surface area contributed by atoms with Crippen LogP contribution in [0.2, 0.25) is 18.8 Å². The molecule has 0 radical (unpaired) electrons. The molecule has 0 nitrogen and oxygen atoms in total. The summed E-state index contributed by atoms with van der Waals surface area (Å²) in [7, 11) is -0.950. The Hall–Kier alpha value is 0.966. The van der Waals surface area contributed by atoms with Crippen molar-refractivity contribution in [1.82, 2.24) is 0 Å². The summed E-state index contributed by atoms with van der Waals surface area (Å²) in [5.41, 5.74) is 11.8. The third kappa shape index (κ3) is 4.50. The van der Waals surface area contributed by atoms with Crippen LogP contribution in [0.1, 0.15) is 80.1 Å². The summed E-state index contributed by atoms with van der Waals surface area (Å²) >= 11 is -1.67. The maximum absolute atomic E-state index is 2.74. The fourth-order valence-electron chi connectivity index (χ4n) is 6.81. The van der Waals surface area contributed by atoms with Crippen LogP contribution in [0.5, 0.6) is 0 Å². The molecule has 0 spiro atoms. The van der Waals surface area contributed by atoms with Crippen LogP contribution in [0.3, 0.4) is 0 Å². The van der Waals surface area contributed by atoms with Gasteiger partial charge in [-0.1, -0.05) is 0 Å². The monoisotopic (exact) mass is 586 g/mol. The smallest absolute Gasteiger partial charge is 1.00 e. The average molecular weight is 587 g/mol. The van der Waals surface area contributed by atoms with Gasteiger partial charge in [0.15, 0.2) is 0 Å². The minimum absolute atomic E-state index is 0. The van der Waals surface area contributed by atoms with Crippen molar-refractivity contribution in [2.75, 3.05) is 0 Å². The SMILES string of the molecule is CC1=CC2=C(CCCC2(C)C)[CH]1[Zr+2]([CH]1C(C)=CC2=C1CCCC2(C)C)=[Ge]([CH3])[CH3].[Cl-].[Cl-]. The number of hydrogen-bond acceptors (Lipinski definition) is 0. The molecule has 0 aromatic carbocycles. The Kier molecular flexibility index (Phi) is 8.78. The van der Waals surface area contributed by atoms with Crippen molar-refractivity contribution in [3.8, 4) is 0 Å². The number of allylic oxidation sites excluding steroid dienone is 8. The van der Waals surface area contributed by atoms with Gasteiger partial charge in [0.05, 0.1) is 0 Å². The molecule has 4 aliphatic rings. The molecule has 0 amide bonds. The van der Waals surface area contributed by atoms with E-state index in [9.17, 15) is 0 Å². The summed E-state index contributed by atoms with van der Waals surface area (Å²) < 4.78 is 1.87. The maximum Gasteiger partial charge on any atom is -1.00 e. The van der Waals surface area contributed by atoms with Crippen LogP contribution in [0.4, 0.5) is 0 Å². The summed E-state index contributed by atoms with van der Waals surface area (Å²) in [5.74, 6) is 5.49. The van der Waals surface area contributed by atoms with Crippen molar-refractivity contribution in [1.29, 1.82) is 0 Å². The predicted molar refractivity (Wildman–Crippen MR) is 122 cm³/mol. The minimum atomic E-state index is -1.67. The first-order valence-corrected chi connectivity index (χ1v) is 26.0. The van der Waals surface area contributed by atoms with Crippen molar-refractivity contribution in [2.45, 2.75) is 98.8 Å². The zero-order valence-electron chi connectivity index (χ0n) is 20.3. The van der Waals surface area contributed by atoms with E-state index in [1.54, 1.807) is 22.3 Å². The molecule has 0 fully saturated rings. The predicted octanol–water partition coefficient (Wildman–Crippen LogP) is 2.37. The van der Waals surface area contributed by atoms with Crippen molar-refractivity contribution in [2.24, 2.45) is 10.8 Å². The van der Waals surface area contributed by atoms with Gasteiger partial charge in [-0.25, -0.2) is 0 Å². The first-order valence-electron chi connectivity index (χ1n) is 11.6. The van der Waals surface area contributed by atoms with E-state index < -0.39 is 28.6 Å². The molecule has 0 aromatic rings. The van der Waals surface area contributed by atoms with E-state index in [1.807, 2.05) is 11.1 Å². The third-order valence-corrected chi connectivity index (χ3v) is 39.5. The molecular formula is C26H40Cl2GeZr. The fraction of sp³-hybridized carbons (Fsp3) is 0.692. The number of rotatable bonds is 2. The first-order chi connectivity index (χ1) is 13.0. The third-order valence-electron chi connectivity index (χ3n) is 8.20. The zero-order chi connectivity index (χ0) is 20.4. The molecule has 0 aliphatic heterocycles. The quantitative estimate of drug-likeness (QED) is 0.436. The Balaban J connectivity index is 0.00000160. The van der Waals surface area contributed by atoms with Crippen LogP contribution in [0.25, 0.3) is 0 Å². The molecule has 2 unspecified atom stereocenters. The molecule has 0 aromatic heterocycles. The summed E-state index contributed by atoms with van der Waals surface area (Å²) in [6, 6.07) is 0. The van der Waals surface area contributed by atoms with E-state index in [0.717, 1.165) is 7.25 Å². The molecule has 0 saturated carbocycles. The first kappa shape index (κ1) is 27.2. The molecule has 0 bridgehead atoms. The molecule has 0 saturated heterocycles. The summed E-state index contributed by atoms with van der Waals surface area (Å²) in [6.07, 6.45) is 13.8.